The smallest absolute Gasteiger partial charge is 0.123 e. The second kappa shape index (κ2) is 8.06. The molecule has 0 saturated carbocycles. The number of thiophene rings is 1. The third-order valence-corrected chi connectivity index (χ3v) is 5.37. The Hall–Kier alpha value is -0.710. The lowest BCUT2D eigenvalue weighted by Gasteiger charge is -2.19. The Kier molecular flexibility index (Phi) is 6.40. The van der Waals surface area contributed by atoms with Crippen LogP contribution in [0.4, 0.5) is 4.39 Å². The molecule has 0 aliphatic carbocycles. The van der Waals surface area contributed by atoms with Crippen LogP contribution >= 0.6 is 27.3 Å². The molecule has 1 atom stereocenters. The molecule has 1 unspecified atom stereocenters. The predicted molar refractivity (Wildman–Crippen MR) is 92.5 cm³/mol. The third-order valence-electron chi connectivity index (χ3n) is 3.42. The minimum absolute atomic E-state index is 0.170. The summed E-state index contributed by atoms with van der Waals surface area (Å²) in [5.74, 6) is 0.337. The molecule has 1 heterocycles. The molecule has 4 heteroatoms. The van der Waals surface area contributed by atoms with Gasteiger partial charge in [-0.2, -0.15) is 0 Å². The van der Waals surface area contributed by atoms with Crippen LogP contribution in [0.1, 0.15) is 24.3 Å². The van der Waals surface area contributed by atoms with Gasteiger partial charge >= 0.3 is 0 Å². The first-order valence-corrected chi connectivity index (χ1v) is 8.91. The van der Waals surface area contributed by atoms with Gasteiger partial charge in [0.1, 0.15) is 5.82 Å². The van der Waals surface area contributed by atoms with Crippen molar-refractivity contribution in [3.05, 3.63) is 56.4 Å². The van der Waals surface area contributed by atoms with Crippen LogP contribution in [0.25, 0.3) is 0 Å². The summed E-state index contributed by atoms with van der Waals surface area (Å²) in [6.45, 7) is 5.30. The van der Waals surface area contributed by atoms with Crippen molar-refractivity contribution in [2.45, 2.75) is 32.7 Å². The van der Waals surface area contributed by atoms with Gasteiger partial charge in [-0.15, -0.1) is 11.3 Å². The predicted octanol–water partition coefficient (Wildman–Crippen LogP) is 5.05. The molecular weight excluding hydrogens is 349 g/mol. The molecular formula is C17H21BrFNS. The highest BCUT2D eigenvalue weighted by molar-refractivity contribution is 9.10. The third kappa shape index (κ3) is 5.53. The number of rotatable bonds is 7. The van der Waals surface area contributed by atoms with Crippen molar-refractivity contribution >= 4 is 27.3 Å². The Balaban J connectivity index is 2.04. The summed E-state index contributed by atoms with van der Waals surface area (Å²) in [7, 11) is 0. The quantitative estimate of drug-likeness (QED) is 0.719. The molecule has 0 amide bonds. The molecule has 1 aromatic carbocycles. The second-order valence-corrected chi connectivity index (χ2v) is 7.51. The van der Waals surface area contributed by atoms with Crippen LogP contribution in [0.2, 0.25) is 0 Å². The monoisotopic (exact) mass is 369 g/mol. The molecule has 2 aromatic rings. The summed E-state index contributed by atoms with van der Waals surface area (Å²) < 4.78 is 14.2. The summed E-state index contributed by atoms with van der Waals surface area (Å²) in [5.41, 5.74) is 1.19. The molecule has 0 aliphatic rings. The van der Waals surface area contributed by atoms with E-state index in [1.54, 1.807) is 23.5 Å². The Bertz CT molecular complexity index is 550. The van der Waals surface area contributed by atoms with E-state index in [1.807, 2.05) is 12.1 Å². The first-order chi connectivity index (χ1) is 10.0. The molecule has 0 saturated heterocycles. The van der Waals surface area contributed by atoms with Gasteiger partial charge in [-0.25, -0.2) is 4.39 Å². The van der Waals surface area contributed by atoms with Crippen LogP contribution in [0.15, 0.2) is 40.2 Å². The van der Waals surface area contributed by atoms with Gasteiger partial charge in [0.2, 0.25) is 0 Å². The van der Waals surface area contributed by atoms with E-state index in [4.69, 9.17) is 0 Å². The van der Waals surface area contributed by atoms with Crippen molar-refractivity contribution < 1.29 is 4.39 Å². The summed E-state index contributed by atoms with van der Waals surface area (Å²) in [4.78, 5) is 1.38. The van der Waals surface area contributed by atoms with Gasteiger partial charge in [0.05, 0.1) is 0 Å². The van der Waals surface area contributed by atoms with E-state index >= 15 is 0 Å². The second-order valence-electron chi connectivity index (χ2n) is 5.66. The van der Waals surface area contributed by atoms with Crippen LogP contribution in [-0.4, -0.2) is 12.6 Å². The van der Waals surface area contributed by atoms with Crippen molar-refractivity contribution in [1.29, 1.82) is 0 Å². The summed E-state index contributed by atoms with van der Waals surface area (Å²) in [5, 5.41) is 5.64. The number of hydrogen-bond donors (Lipinski definition) is 1. The summed E-state index contributed by atoms with van der Waals surface area (Å²) in [6, 6.07) is 9.45. The molecule has 21 heavy (non-hydrogen) atoms. The highest BCUT2D eigenvalue weighted by Crippen LogP contribution is 2.26. The van der Waals surface area contributed by atoms with Crippen LogP contribution in [-0.2, 0) is 12.8 Å². The average molecular weight is 370 g/mol. The summed E-state index contributed by atoms with van der Waals surface area (Å²) >= 11 is 5.40. The number of benzene rings is 1. The molecule has 1 aromatic heterocycles. The number of halogens is 2. The van der Waals surface area contributed by atoms with E-state index in [1.165, 1.54) is 14.9 Å². The molecule has 114 valence electrons. The van der Waals surface area contributed by atoms with Crippen LogP contribution in [0.3, 0.4) is 0 Å². The first-order valence-electron chi connectivity index (χ1n) is 7.24. The number of hydrogen-bond acceptors (Lipinski definition) is 2. The highest BCUT2D eigenvalue weighted by Gasteiger charge is 2.14. The van der Waals surface area contributed by atoms with Crippen molar-refractivity contribution in [1.82, 2.24) is 5.32 Å². The van der Waals surface area contributed by atoms with Gasteiger partial charge in [0, 0.05) is 15.4 Å². The Morgan fingerprint density at radius 3 is 2.43 bits per heavy atom. The SMILES string of the molecule is CC(C)NCC(Cc1ccc(F)cc1)Cc1sccc1Br. The van der Waals surface area contributed by atoms with Gasteiger partial charge in [-0.3, -0.25) is 0 Å². The zero-order valence-corrected chi connectivity index (χ0v) is 14.8. The van der Waals surface area contributed by atoms with E-state index in [9.17, 15) is 4.39 Å². The van der Waals surface area contributed by atoms with Crippen LogP contribution in [0, 0.1) is 11.7 Å². The van der Waals surface area contributed by atoms with Crippen molar-refractivity contribution in [3.8, 4) is 0 Å². The fourth-order valence-corrected chi connectivity index (χ4v) is 3.94. The maximum Gasteiger partial charge on any atom is 0.123 e. The van der Waals surface area contributed by atoms with E-state index in [-0.39, 0.29) is 5.82 Å². The molecule has 0 fully saturated rings. The van der Waals surface area contributed by atoms with Gasteiger partial charge in [0.25, 0.3) is 0 Å². The van der Waals surface area contributed by atoms with Crippen molar-refractivity contribution in [2.24, 2.45) is 5.92 Å². The van der Waals surface area contributed by atoms with Gasteiger partial charge in [0.15, 0.2) is 0 Å². The fraction of sp³-hybridized carbons (Fsp3) is 0.412. The maximum atomic E-state index is 13.0. The van der Waals surface area contributed by atoms with E-state index < -0.39 is 0 Å². The molecule has 1 N–H and O–H groups in total. The van der Waals surface area contributed by atoms with E-state index in [2.05, 4.69) is 46.5 Å². The van der Waals surface area contributed by atoms with E-state index in [0.29, 0.717) is 12.0 Å². The van der Waals surface area contributed by atoms with E-state index in [0.717, 1.165) is 19.4 Å². The molecule has 0 aliphatic heterocycles. The van der Waals surface area contributed by atoms with Crippen molar-refractivity contribution in [3.63, 3.8) is 0 Å². The minimum atomic E-state index is -0.170. The van der Waals surface area contributed by atoms with Crippen LogP contribution < -0.4 is 5.32 Å². The highest BCUT2D eigenvalue weighted by atomic mass is 79.9. The average Bonchev–Trinajstić information content (AvgIpc) is 2.84. The summed E-state index contributed by atoms with van der Waals surface area (Å²) in [6.07, 6.45) is 2.00. The fourth-order valence-electron chi connectivity index (χ4n) is 2.31. The lowest BCUT2D eigenvalue weighted by molar-refractivity contribution is 0.446. The maximum absolute atomic E-state index is 13.0. The lowest BCUT2D eigenvalue weighted by atomic mass is 9.95. The minimum Gasteiger partial charge on any atom is -0.314 e. The van der Waals surface area contributed by atoms with Crippen LogP contribution in [0.5, 0.6) is 0 Å². The van der Waals surface area contributed by atoms with Gasteiger partial charge in [-0.05, 0) is 70.4 Å². The topological polar surface area (TPSA) is 12.0 Å². The normalized spacial score (nSPS) is 12.8. The Morgan fingerprint density at radius 2 is 1.86 bits per heavy atom. The molecule has 1 nitrogen and oxygen atoms in total. The lowest BCUT2D eigenvalue weighted by Crippen LogP contribution is -2.31. The Labute approximate surface area is 138 Å². The zero-order chi connectivity index (χ0) is 15.2. The molecule has 2 rings (SSSR count). The largest absolute Gasteiger partial charge is 0.314 e. The molecule has 0 spiro atoms. The zero-order valence-electron chi connectivity index (χ0n) is 12.4. The van der Waals surface area contributed by atoms with Gasteiger partial charge in [-0.1, -0.05) is 26.0 Å². The molecule has 0 radical (unpaired) electrons. The Morgan fingerprint density at radius 1 is 1.14 bits per heavy atom. The van der Waals surface area contributed by atoms with Gasteiger partial charge < -0.3 is 5.32 Å². The standard InChI is InChI=1S/C17H21BrFNS/c1-12(2)20-11-14(10-17-16(18)7-8-21-17)9-13-3-5-15(19)6-4-13/h3-8,12,14,20H,9-11H2,1-2H3. The molecule has 0 bridgehead atoms. The number of nitrogens with one attached hydrogen (secondary N) is 1. The van der Waals surface area contributed by atoms with Crippen molar-refractivity contribution in [2.75, 3.05) is 6.54 Å². The first kappa shape index (κ1) is 16.7.